The maximum Gasteiger partial charge on any atom is 0.459 e. The highest BCUT2D eigenvalue weighted by Gasteiger charge is 2.31. The van der Waals surface area contributed by atoms with Crippen molar-refractivity contribution in [2.75, 3.05) is 13.2 Å². The fraction of sp³-hybridized carbons (Fsp3) is 0.462. The molecule has 0 bridgehead atoms. The molecule has 2 atom stereocenters. The molecule has 0 aliphatic rings. The van der Waals surface area contributed by atoms with E-state index in [0.29, 0.717) is 5.75 Å². The molecule has 0 saturated carbocycles. The number of hydrogen-bond donors (Lipinski definition) is 1. The van der Waals surface area contributed by atoms with Crippen molar-refractivity contribution >= 4 is 13.7 Å². The van der Waals surface area contributed by atoms with Gasteiger partial charge in [0.25, 0.3) is 0 Å². The van der Waals surface area contributed by atoms with Gasteiger partial charge in [0, 0.05) is 0 Å². The highest BCUT2D eigenvalue weighted by Crippen LogP contribution is 2.44. The summed E-state index contributed by atoms with van der Waals surface area (Å²) < 4.78 is 27.9. The molecule has 0 fully saturated rings. The van der Waals surface area contributed by atoms with Crippen molar-refractivity contribution in [3.63, 3.8) is 0 Å². The maximum absolute atomic E-state index is 12.5. The van der Waals surface area contributed by atoms with Crippen LogP contribution >= 0.6 is 7.75 Å². The predicted molar refractivity (Wildman–Crippen MR) is 75.5 cm³/mol. The second-order valence-electron chi connectivity index (χ2n) is 3.92. The third-order valence-corrected chi connectivity index (χ3v) is 4.01. The van der Waals surface area contributed by atoms with Crippen LogP contribution in [0.3, 0.4) is 0 Å². The van der Waals surface area contributed by atoms with Gasteiger partial charge in [0.05, 0.1) is 13.2 Å². The number of benzene rings is 1. The van der Waals surface area contributed by atoms with Crippen LogP contribution < -0.4 is 9.61 Å². The molecule has 20 heavy (non-hydrogen) atoms. The van der Waals surface area contributed by atoms with E-state index in [-0.39, 0.29) is 13.2 Å². The van der Waals surface area contributed by atoms with Crippen LogP contribution in [0, 0.1) is 0 Å². The minimum atomic E-state index is -3.63. The fourth-order valence-electron chi connectivity index (χ4n) is 1.44. The summed E-state index contributed by atoms with van der Waals surface area (Å²) in [6.45, 7) is 5.37. The van der Waals surface area contributed by atoms with Crippen molar-refractivity contribution < 1.29 is 23.1 Å². The van der Waals surface area contributed by atoms with E-state index in [4.69, 9.17) is 13.8 Å². The number of hydrogen-bond acceptors (Lipinski definition) is 5. The third kappa shape index (κ3) is 5.33. The van der Waals surface area contributed by atoms with E-state index in [9.17, 15) is 9.36 Å². The smallest absolute Gasteiger partial charge is 0.459 e. The Labute approximate surface area is 119 Å². The van der Waals surface area contributed by atoms with Crippen LogP contribution in [0.2, 0.25) is 0 Å². The zero-order valence-corrected chi connectivity index (χ0v) is 12.8. The number of carbonyl (C=O) groups excluding carboxylic acids is 1. The van der Waals surface area contributed by atoms with Crippen LogP contribution in [0.4, 0.5) is 0 Å². The maximum atomic E-state index is 12.5. The monoisotopic (exact) mass is 301 g/mol. The van der Waals surface area contributed by atoms with Crippen molar-refractivity contribution in [2.24, 2.45) is 0 Å². The lowest BCUT2D eigenvalue weighted by Gasteiger charge is -2.22. The first kappa shape index (κ1) is 16.7. The molecule has 1 N–H and O–H groups in total. The highest BCUT2D eigenvalue weighted by molar-refractivity contribution is 7.52. The number of nitrogens with one attached hydrogen (secondary N) is 1. The standard InChI is InChI=1S/C13H20NO5P/c1-4-17-13(15)11(3)14-20(16,18-5-2)19-12-9-7-6-8-10-12/h6-11H,4-5H2,1-3H3,(H,14,16)/t11-,20?/m0/s1. The van der Waals surface area contributed by atoms with Gasteiger partial charge in [-0.2, -0.15) is 5.09 Å². The van der Waals surface area contributed by atoms with Crippen molar-refractivity contribution in [1.82, 2.24) is 5.09 Å². The quantitative estimate of drug-likeness (QED) is 0.588. The van der Waals surface area contributed by atoms with Crippen LogP contribution in [0.1, 0.15) is 20.8 Å². The van der Waals surface area contributed by atoms with Crippen LogP contribution in [-0.2, 0) is 18.6 Å². The van der Waals surface area contributed by atoms with E-state index in [0.717, 1.165) is 0 Å². The van der Waals surface area contributed by atoms with Gasteiger partial charge in [0.1, 0.15) is 11.8 Å². The van der Waals surface area contributed by atoms with E-state index in [2.05, 4.69) is 5.09 Å². The molecule has 0 aromatic heterocycles. The van der Waals surface area contributed by atoms with Gasteiger partial charge in [0.2, 0.25) is 0 Å². The summed E-state index contributed by atoms with van der Waals surface area (Å²) in [5.74, 6) is -0.114. The molecule has 112 valence electrons. The average Bonchev–Trinajstić information content (AvgIpc) is 2.40. The normalized spacial score (nSPS) is 15.2. The minimum absolute atomic E-state index is 0.187. The predicted octanol–water partition coefficient (Wildman–Crippen LogP) is 2.75. The Kier molecular flexibility index (Phi) is 6.71. The molecular formula is C13H20NO5P. The first-order valence-electron chi connectivity index (χ1n) is 6.44. The topological polar surface area (TPSA) is 73.9 Å². The largest absolute Gasteiger partial charge is 0.465 e. The first-order valence-corrected chi connectivity index (χ1v) is 7.98. The van der Waals surface area contributed by atoms with Gasteiger partial charge in [-0.1, -0.05) is 18.2 Å². The molecule has 1 unspecified atom stereocenters. The van der Waals surface area contributed by atoms with E-state index in [1.54, 1.807) is 38.1 Å². The molecule has 0 radical (unpaired) electrons. The van der Waals surface area contributed by atoms with Crippen LogP contribution in [0.5, 0.6) is 5.75 Å². The van der Waals surface area contributed by atoms with Gasteiger partial charge in [-0.15, -0.1) is 0 Å². The Morgan fingerprint density at radius 3 is 2.45 bits per heavy atom. The van der Waals surface area contributed by atoms with Crippen molar-refractivity contribution in [2.45, 2.75) is 26.8 Å². The summed E-state index contributed by atoms with van der Waals surface area (Å²) in [6, 6.07) is 7.83. The summed E-state index contributed by atoms with van der Waals surface area (Å²) in [6.07, 6.45) is 0. The van der Waals surface area contributed by atoms with Gasteiger partial charge in [-0.05, 0) is 32.9 Å². The molecule has 1 aromatic carbocycles. The lowest BCUT2D eigenvalue weighted by atomic mass is 10.3. The number of rotatable bonds is 8. The Morgan fingerprint density at radius 1 is 1.25 bits per heavy atom. The van der Waals surface area contributed by atoms with Crippen LogP contribution in [0.25, 0.3) is 0 Å². The minimum Gasteiger partial charge on any atom is -0.465 e. The second-order valence-corrected chi connectivity index (χ2v) is 5.62. The van der Waals surface area contributed by atoms with E-state index < -0.39 is 19.8 Å². The molecular weight excluding hydrogens is 281 g/mol. The molecule has 6 nitrogen and oxygen atoms in total. The first-order chi connectivity index (χ1) is 9.50. The Hall–Kier alpha value is -1.36. The number of ether oxygens (including phenoxy) is 1. The van der Waals surface area contributed by atoms with Crippen molar-refractivity contribution in [1.29, 1.82) is 0 Å². The lowest BCUT2D eigenvalue weighted by Crippen LogP contribution is -2.35. The molecule has 0 aliphatic heterocycles. The van der Waals surface area contributed by atoms with Gasteiger partial charge < -0.3 is 9.26 Å². The van der Waals surface area contributed by atoms with Gasteiger partial charge in [-0.3, -0.25) is 9.32 Å². The summed E-state index contributed by atoms with van der Waals surface area (Å²) in [7, 11) is -3.63. The third-order valence-electron chi connectivity index (χ3n) is 2.26. The zero-order valence-electron chi connectivity index (χ0n) is 11.9. The summed E-state index contributed by atoms with van der Waals surface area (Å²) in [4.78, 5) is 11.6. The average molecular weight is 301 g/mol. The van der Waals surface area contributed by atoms with Crippen LogP contribution in [0.15, 0.2) is 30.3 Å². The van der Waals surface area contributed by atoms with E-state index in [1.807, 2.05) is 6.07 Å². The summed E-state index contributed by atoms with van der Waals surface area (Å²) >= 11 is 0. The van der Waals surface area contributed by atoms with Crippen molar-refractivity contribution in [3.05, 3.63) is 30.3 Å². The molecule has 1 rings (SSSR count). The zero-order chi connectivity index (χ0) is 15.0. The molecule has 0 amide bonds. The Balaban J connectivity index is 2.76. The molecule has 1 aromatic rings. The summed E-state index contributed by atoms with van der Waals surface area (Å²) in [5, 5.41) is 2.56. The molecule has 0 saturated heterocycles. The second kappa shape index (κ2) is 8.04. The number of para-hydroxylation sites is 1. The van der Waals surface area contributed by atoms with Gasteiger partial charge in [-0.25, -0.2) is 4.57 Å². The highest BCUT2D eigenvalue weighted by atomic mass is 31.2. The Morgan fingerprint density at radius 2 is 1.90 bits per heavy atom. The van der Waals surface area contributed by atoms with E-state index in [1.165, 1.54) is 6.92 Å². The SMILES string of the molecule is CCOC(=O)[C@H](C)NP(=O)(OCC)Oc1ccccc1. The van der Waals surface area contributed by atoms with E-state index >= 15 is 0 Å². The fourth-order valence-corrected chi connectivity index (χ4v) is 2.94. The lowest BCUT2D eigenvalue weighted by molar-refractivity contribution is -0.144. The van der Waals surface area contributed by atoms with Crippen LogP contribution in [-0.4, -0.2) is 25.2 Å². The Bertz CT molecular complexity index is 465. The van der Waals surface area contributed by atoms with Gasteiger partial charge >= 0.3 is 13.7 Å². The number of carbonyl (C=O) groups is 1. The van der Waals surface area contributed by atoms with Crippen molar-refractivity contribution in [3.8, 4) is 5.75 Å². The van der Waals surface area contributed by atoms with Gasteiger partial charge in [0.15, 0.2) is 0 Å². The molecule has 0 spiro atoms. The molecule has 0 aliphatic carbocycles. The molecule has 0 heterocycles. The molecule has 7 heteroatoms. The summed E-state index contributed by atoms with van der Waals surface area (Å²) in [5.41, 5.74) is 0. The number of esters is 1.